The van der Waals surface area contributed by atoms with Crippen molar-refractivity contribution in [3.63, 3.8) is 0 Å². The fraction of sp³-hybridized carbons (Fsp3) is 0.333. The zero-order chi connectivity index (χ0) is 13.8. The molecule has 0 unspecified atom stereocenters. The number of allylic oxidation sites excluding steroid dienone is 8. The van der Waals surface area contributed by atoms with Gasteiger partial charge in [0.1, 0.15) is 0 Å². The number of rotatable bonds is 0. The van der Waals surface area contributed by atoms with Crippen LogP contribution in [0.4, 0.5) is 26.3 Å². The Morgan fingerprint density at radius 2 is 1.05 bits per heavy atom. The molecule has 2 aliphatic carbocycles. The molecule has 0 saturated carbocycles. The maximum absolute atomic E-state index is 11.6. The minimum absolute atomic E-state index is 0. The third kappa shape index (κ3) is 6.40. The van der Waals surface area contributed by atoms with Crippen molar-refractivity contribution in [2.75, 3.05) is 0 Å². The van der Waals surface area contributed by atoms with Crippen molar-refractivity contribution in [1.29, 1.82) is 0 Å². The first-order valence-corrected chi connectivity index (χ1v) is 4.90. The van der Waals surface area contributed by atoms with E-state index in [1.165, 1.54) is 12.2 Å². The molecule has 0 aliphatic heterocycles. The Kier molecular flexibility index (Phi) is 7.04. The Hall–Kier alpha value is -0.590. The SMILES string of the molecule is FC(F)(F)C1=[C-]CC=C1.FC(F)(F)C1=[C-]CC=C1.[Hf]. The van der Waals surface area contributed by atoms with Gasteiger partial charge in [0.05, 0.1) is 0 Å². The molecule has 0 radical (unpaired) electrons. The average Bonchev–Trinajstić information content (AvgIpc) is 2.91. The molecule has 0 N–H and O–H groups in total. The Morgan fingerprint density at radius 1 is 0.737 bits per heavy atom. The van der Waals surface area contributed by atoms with E-state index in [9.17, 15) is 26.3 Å². The summed E-state index contributed by atoms with van der Waals surface area (Å²) in [5.41, 5.74) is -1.30. The van der Waals surface area contributed by atoms with Crippen molar-refractivity contribution in [1.82, 2.24) is 0 Å². The van der Waals surface area contributed by atoms with Crippen LogP contribution in [-0.2, 0) is 25.8 Å². The Labute approximate surface area is 125 Å². The van der Waals surface area contributed by atoms with Crippen LogP contribution in [0.3, 0.4) is 0 Å². The molecule has 0 heterocycles. The van der Waals surface area contributed by atoms with Crippen molar-refractivity contribution in [3.05, 3.63) is 47.6 Å². The first-order valence-electron chi connectivity index (χ1n) is 4.90. The third-order valence-electron chi connectivity index (χ3n) is 2.00. The second-order valence-corrected chi connectivity index (χ2v) is 3.39. The fourth-order valence-corrected chi connectivity index (χ4v) is 1.20. The van der Waals surface area contributed by atoms with Crippen LogP contribution >= 0.6 is 0 Å². The van der Waals surface area contributed by atoms with Crippen LogP contribution in [-0.4, -0.2) is 12.4 Å². The maximum atomic E-state index is 11.6. The summed E-state index contributed by atoms with van der Waals surface area (Å²) in [5, 5.41) is 0. The van der Waals surface area contributed by atoms with Gasteiger partial charge in [-0.15, -0.1) is 24.0 Å². The van der Waals surface area contributed by atoms with Crippen molar-refractivity contribution < 1.29 is 52.2 Å². The van der Waals surface area contributed by atoms with Crippen molar-refractivity contribution in [3.8, 4) is 0 Å². The van der Waals surface area contributed by atoms with E-state index >= 15 is 0 Å². The van der Waals surface area contributed by atoms with Crippen molar-refractivity contribution >= 4 is 0 Å². The standard InChI is InChI=1S/2C6H4F3.Hf/c2*7-6(8,9)5-3-1-2-4-5;/h2*1,3H,2H2;/q2*-1;. The molecule has 0 aromatic carbocycles. The van der Waals surface area contributed by atoms with Gasteiger partial charge in [-0.25, -0.2) is 12.2 Å². The quantitative estimate of drug-likeness (QED) is 0.294. The van der Waals surface area contributed by atoms with E-state index in [0.29, 0.717) is 0 Å². The molecule has 0 bridgehead atoms. The first kappa shape index (κ1) is 18.4. The molecule has 104 valence electrons. The number of halogens is 6. The molecule has 0 atom stereocenters. The molecule has 0 amide bonds. The molecule has 2 aliphatic rings. The zero-order valence-corrected chi connectivity index (χ0v) is 13.1. The number of hydrogen-bond acceptors (Lipinski definition) is 0. The predicted molar refractivity (Wildman–Crippen MR) is 53.1 cm³/mol. The number of alkyl halides is 6. The van der Waals surface area contributed by atoms with Gasteiger partial charge in [-0.3, -0.25) is 12.2 Å². The smallest absolute Gasteiger partial charge is 0.261 e. The molecule has 19 heavy (non-hydrogen) atoms. The molecular formula is C12H8F6Hf-2. The summed E-state index contributed by atoms with van der Waals surface area (Å²) in [6.07, 6.45) is 1.47. The van der Waals surface area contributed by atoms with Crippen LogP contribution in [0.25, 0.3) is 0 Å². The van der Waals surface area contributed by atoms with Gasteiger partial charge >= 0.3 is 12.4 Å². The van der Waals surface area contributed by atoms with Crippen LogP contribution in [0.2, 0.25) is 0 Å². The molecule has 0 fully saturated rings. The summed E-state index contributed by atoms with van der Waals surface area (Å²) >= 11 is 0. The monoisotopic (exact) mass is 446 g/mol. The second kappa shape index (κ2) is 7.26. The summed E-state index contributed by atoms with van der Waals surface area (Å²) < 4.78 is 69.7. The van der Waals surface area contributed by atoms with Gasteiger partial charge in [0.25, 0.3) is 0 Å². The van der Waals surface area contributed by atoms with E-state index < -0.39 is 23.5 Å². The maximum Gasteiger partial charge on any atom is 0.384 e. The van der Waals surface area contributed by atoms with Gasteiger partial charge < -0.3 is 0 Å². The Morgan fingerprint density at radius 3 is 1.16 bits per heavy atom. The van der Waals surface area contributed by atoms with E-state index in [2.05, 4.69) is 12.2 Å². The average molecular weight is 445 g/mol. The topological polar surface area (TPSA) is 0 Å². The summed E-state index contributed by atoms with van der Waals surface area (Å²) in [7, 11) is 0. The summed E-state index contributed by atoms with van der Waals surface area (Å²) in [4.78, 5) is 0. The summed E-state index contributed by atoms with van der Waals surface area (Å²) in [5.74, 6) is 0. The molecular weight excluding hydrogens is 437 g/mol. The normalized spacial score (nSPS) is 17.4. The molecule has 7 heteroatoms. The van der Waals surface area contributed by atoms with Crippen LogP contribution in [0.5, 0.6) is 0 Å². The van der Waals surface area contributed by atoms with E-state index in [4.69, 9.17) is 0 Å². The van der Waals surface area contributed by atoms with Gasteiger partial charge in [-0.05, 0) is 0 Å². The number of hydrogen-bond donors (Lipinski definition) is 0. The van der Waals surface area contributed by atoms with Crippen molar-refractivity contribution in [2.45, 2.75) is 25.2 Å². The predicted octanol–water partition coefficient (Wildman–Crippen LogP) is 4.47. The zero-order valence-electron chi connectivity index (χ0n) is 9.49. The molecule has 0 nitrogen and oxygen atoms in total. The Balaban J connectivity index is 0.000000324. The van der Waals surface area contributed by atoms with Crippen LogP contribution < -0.4 is 0 Å². The minimum Gasteiger partial charge on any atom is -0.261 e. The minimum atomic E-state index is -4.20. The van der Waals surface area contributed by atoms with E-state index in [0.717, 1.165) is 12.2 Å². The van der Waals surface area contributed by atoms with Gasteiger partial charge in [0.2, 0.25) is 0 Å². The van der Waals surface area contributed by atoms with Crippen molar-refractivity contribution in [2.24, 2.45) is 0 Å². The molecule has 0 aromatic rings. The largest absolute Gasteiger partial charge is 0.384 e. The van der Waals surface area contributed by atoms with Crippen LogP contribution in [0.1, 0.15) is 12.8 Å². The third-order valence-corrected chi connectivity index (χ3v) is 2.00. The van der Waals surface area contributed by atoms with Gasteiger partial charge in [-0.1, -0.05) is 0 Å². The molecule has 0 spiro atoms. The van der Waals surface area contributed by atoms with Gasteiger partial charge in [-0.2, -0.15) is 38.5 Å². The first-order chi connectivity index (χ1) is 8.21. The van der Waals surface area contributed by atoms with E-state index in [1.807, 2.05) is 0 Å². The molecule has 0 aromatic heterocycles. The van der Waals surface area contributed by atoms with Gasteiger partial charge in [0, 0.05) is 25.8 Å². The second-order valence-electron chi connectivity index (χ2n) is 3.39. The Bertz CT molecular complexity index is 369. The molecule has 2 rings (SSSR count). The summed E-state index contributed by atoms with van der Waals surface area (Å²) in [6.45, 7) is 0. The van der Waals surface area contributed by atoms with E-state index in [-0.39, 0.29) is 38.7 Å². The van der Waals surface area contributed by atoms with Crippen LogP contribution in [0, 0.1) is 12.2 Å². The summed E-state index contributed by atoms with van der Waals surface area (Å²) in [6, 6.07) is 0. The van der Waals surface area contributed by atoms with Gasteiger partial charge in [0.15, 0.2) is 0 Å². The van der Waals surface area contributed by atoms with Crippen LogP contribution in [0.15, 0.2) is 35.5 Å². The fourth-order valence-electron chi connectivity index (χ4n) is 1.20. The molecule has 0 saturated heterocycles. The van der Waals surface area contributed by atoms with E-state index in [1.54, 1.807) is 0 Å².